The first-order chi connectivity index (χ1) is 16.9. The topological polar surface area (TPSA) is 82.1 Å². The van der Waals surface area contributed by atoms with Gasteiger partial charge >= 0.3 is 0 Å². The van der Waals surface area contributed by atoms with E-state index in [1.54, 1.807) is 35.5 Å². The van der Waals surface area contributed by atoms with E-state index in [0.29, 0.717) is 10.7 Å². The van der Waals surface area contributed by atoms with Crippen molar-refractivity contribution in [2.24, 2.45) is 16.9 Å². The fraction of sp³-hybridized carbons (Fsp3) is 0.154. The van der Waals surface area contributed by atoms with Crippen molar-refractivity contribution >= 4 is 46.9 Å². The number of rotatable bonds is 3. The van der Waals surface area contributed by atoms with Gasteiger partial charge in [-0.15, -0.1) is 0 Å². The maximum absolute atomic E-state index is 13.7. The molecule has 4 atom stereocenters. The highest BCUT2D eigenvalue weighted by atomic mass is 35.5. The first-order valence-corrected chi connectivity index (χ1v) is 11.4. The highest BCUT2D eigenvalue weighted by molar-refractivity contribution is 6.30. The molecule has 3 aliphatic heterocycles. The van der Waals surface area contributed by atoms with Crippen molar-refractivity contribution in [2.75, 3.05) is 10.2 Å². The lowest BCUT2D eigenvalue weighted by molar-refractivity contribution is -0.129. The van der Waals surface area contributed by atoms with Crippen LogP contribution in [-0.4, -0.2) is 35.0 Å². The van der Waals surface area contributed by atoms with Gasteiger partial charge in [-0.3, -0.25) is 19.4 Å². The number of halogens is 2. The van der Waals surface area contributed by atoms with E-state index in [4.69, 9.17) is 11.6 Å². The summed E-state index contributed by atoms with van der Waals surface area (Å²) in [5, 5.41) is 9.43. The van der Waals surface area contributed by atoms with Gasteiger partial charge in [0.1, 0.15) is 11.9 Å². The summed E-state index contributed by atoms with van der Waals surface area (Å²) in [6, 6.07) is 17.6. The lowest BCUT2D eigenvalue weighted by Crippen LogP contribution is -2.46. The van der Waals surface area contributed by atoms with Crippen LogP contribution in [0.1, 0.15) is 17.2 Å². The predicted octanol–water partition coefficient (Wildman–Crippen LogP) is 4.00. The maximum Gasteiger partial charge on any atom is 0.249 e. The van der Waals surface area contributed by atoms with Gasteiger partial charge in [-0.05, 0) is 59.7 Å². The van der Waals surface area contributed by atoms with Gasteiger partial charge in [0.05, 0.1) is 29.8 Å². The number of anilines is 2. The lowest BCUT2D eigenvalue weighted by atomic mass is 9.85. The number of benzene rings is 3. The zero-order chi connectivity index (χ0) is 24.3. The van der Waals surface area contributed by atoms with Crippen molar-refractivity contribution in [3.63, 3.8) is 0 Å². The number of nitrogens with one attached hydrogen (secondary N) is 1. The fourth-order valence-corrected chi connectivity index (χ4v) is 5.39. The maximum atomic E-state index is 13.7. The van der Waals surface area contributed by atoms with E-state index in [1.165, 1.54) is 24.3 Å². The molecule has 35 heavy (non-hydrogen) atoms. The quantitative estimate of drug-likeness (QED) is 0.565. The number of carbonyl (C=O) groups excluding carboxylic acids is 3. The number of imide groups is 1. The first-order valence-electron chi connectivity index (χ1n) is 11.0. The number of hydrazone groups is 1. The van der Waals surface area contributed by atoms with Crippen LogP contribution in [-0.2, 0) is 14.4 Å². The van der Waals surface area contributed by atoms with Gasteiger partial charge in [0.15, 0.2) is 0 Å². The molecule has 3 aliphatic rings. The third kappa shape index (κ3) is 3.32. The summed E-state index contributed by atoms with van der Waals surface area (Å²) in [5.74, 6) is -3.67. The number of amides is 3. The van der Waals surface area contributed by atoms with Crippen LogP contribution in [0.4, 0.5) is 15.8 Å². The summed E-state index contributed by atoms with van der Waals surface area (Å²) in [7, 11) is 0. The van der Waals surface area contributed by atoms with Gasteiger partial charge in [0.2, 0.25) is 17.7 Å². The molecule has 3 amide bonds. The molecule has 174 valence electrons. The lowest BCUT2D eigenvalue weighted by Gasteiger charge is -2.33. The predicted molar refractivity (Wildman–Crippen MR) is 128 cm³/mol. The van der Waals surface area contributed by atoms with Crippen LogP contribution < -0.4 is 10.2 Å². The molecule has 7 nitrogen and oxygen atoms in total. The summed E-state index contributed by atoms with van der Waals surface area (Å²) < 4.78 is 13.5. The summed E-state index contributed by atoms with van der Waals surface area (Å²) in [6.07, 6.45) is 1.64. The van der Waals surface area contributed by atoms with Gasteiger partial charge in [-0.2, -0.15) is 5.10 Å². The van der Waals surface area contributed by atoms with Crippen LogP contribution in [0.2, 0.25) is 5.02 Å². The Kier molecular flexibility index (Phi) is 4.93. The van der Waals surface area contributed by atoms with E-state index >= 15 is 0 Å². The van der Waals surface area contributed by atoms with Crippen LogP contribution in [0.5, 0.6) is 0 Å². The van der Waals surface area contributed by atoms with Crippen LogP contribution in [0.3, 0.4) is 0 Å². The Bertz CT molecular complexity index is 1390. The zero-order valence-corrected chi connectivity index (χ0v) is 18.9. The third-order valence-corrected chi connectivity index (χ3v) is 7.01. The zero-order valence-electron chi connectivity index (χ0n) is 18.1. The molecule has 0 aliphatic carbocycles. The molecule has 0 spiro atoms. The molecule has 9 heteroatoms. The van der Waals surface area contributed by atoms with Crippen LogP contribution >= 0.6 is 11.6 Å². The Morgan fingerprint density at radius 1 is 0.914 bits per heavy atom. The van der Waals surface area contributed by atoms with E-state index in [0.717, 1.165) is 16.0 Å². The number of fused-ring (bicyclic) bond motifs is 5. The van der Waals surface area contributed by atoms with E-state index in [2.05, 4.69) is 10.4 Å². The average Bonchev–Trinajstić information content (AvgIpc) is 3.34. The van der Waals surface area contributed by atoms with E-state index in [9.17, 15) is 18.8 Å². The second kappa shape index (κ2) is 8.02. The fourth-order valence-electron chi connectivity index (χ4n) is 5.26. The molecule has 0 saturated carbocycles. The minimum Gasteiger partial charge on any atom is -0.324 e. The Morgan fingerprint density at radius 2 is 1.60 bits per heavy atom. The van der Waals surface area contributed by atoms with Crippen LogP contribution in [0.15, 0.2) is 77.9 Å². The normalized spacial score (nSPS) is 24.3. The molecule has 0 radical (unpaired) electrons. The second-order valence-electron chi connectivity index (χ2n) is 8.68. The highest BCUT2D eigenvalue weighted by Crippen LogP contribution is 2.52. The molecule has 3 aromatic carbocycles. The van der Waals surface area contributed by atoms with Crippen molar-refractivity contribution in [1.29, 1.82) is 0 Å². The van der Waals surface area contributed by atoms with Crippen molar-refractivity contribution in [3.8, 4) is 0 Å². The molecule has 6 rings (SSSR count). The molecular formula is C26H18ClFN4O3. The Hall–Kier alpha value is -4.04. The van der Waals surface area contributed by atoms with E-state index < -0.39 is 47.5 Å². The molecular weight excluding hydrogens is 471 g/mol. The first kappa shape index (κ1) is 21.5. The minimum absolute atomic E-state index is 0.270. The van der Waals surface area contributed by atoms with Crippen molar-refractivity contribution in [1.82, 2.24) is 5.01 Å². The SMILES string of the molecule is O=C(Nc1ccc(Cl)cc1)[C@H]1[C@H]2C(=O)N(c3ccc(F)cc3)C(=O)[C@H]2[C@H]2c3ccccc3C=NN21. The molecule has 3 aromatic rings. The minimum atomic E-state index is -1.02. The monoisotopic (exact) mass is 488 g/mol. The van der Waals surface area contributed by atoms with E-state index in [1.807, 2.05) is 24.3 Å². The molecule has 3 heterocycles. The van der Waals surface area contributed by atoms with E-state index in [-0.39, 0.29) is 5.69 Å². The van der Waals surface area contributed by atoms with Crippen molar-refractivity contribution in [3.05, 3.63) is 94.8 Å². The Labute approximate surface area is 204 Å². The molecule has 0 unspecified atom stereocenters. The molecule has 0 bridgehead atoms. The average molecular weight is 489 g/mol. The van der Waals surface area contributed by atoms with Gasteiger partial charge in [-0.1, -0.05) is 35.9 Å². The third-order valence-electron chi connectivity index (χ3n) is 6.76. The smallest absolute Gasteiger partial charge is 0.249 e. The summed E-state index contributed by atoms with van der Waals surface area (Å²) in [5.41, 5.74) is 2.42. The Balaban J connectivity index is 1.43. The number of nitrogens with zero attached hydrogens (tertiary/aromatic N) is 3. The number of carbonyl (C=O) groups is 3. The van der Waals surface area contributed by atoms with Gasteiger partial charge < -0.3 is 5.32 Å². The van der Waals surface area contributed by atoms with Crippen LogP contribution in [0.25, 0.3) is 0 Å². The van der Waals surface area contributed by atoms with Crippen molar-refractivity contribution < 1.29 is 18.8 Å². The second-order valence-corrected chi connectivity index (χ2v) is 9.12. The summed E-state index contributed by atoms with van der Waals surface area (Å²) in [6.45, 7) is 0. The summed E-state index contributed by atoms with van der Waals surface area (Å²) >= 11 is 5.96. The van der Waals surface area contributed by atoms with Gasteiger partial charge in [0, 0.05) is 10.7 Å². The van der Waals surface area contributed by atoms with Crippen molar-refractivity contribution in [2.45, 2.75) is 12.1 Å². The largest absolute Gasteiger partial charge is 0.324 e. The van der Waals surface area contributed by atoms with Crippen LogP contribution in [0, 0.1) is 17.7 Å². The molecule has 0 aromatic heterocycles. The van der Waals surface area contributed by atoms with Gasteiger partial charge in [-0.25, -0.2) is 9.29 Å². The Morgan fingerprint density at radius 3 is 2.34 bits per heavy atom. The standard InChI is InChI=1S/C26H18ClFN4O3/c27-15-5-9-17(10-6-15)30-24(33)23-21-20(22-19-4-2-1-3-14(19)13-29-32(22)23)25(34)31(26(21)35)18-11-7-16(28)8-12-18/h1-13,20-23H,(H,30,33)/t20-,21+,22-,23-/m1/s1. The molecule has 2 saturated heterocycles. The molecule has 1 N–H and O–H groups in total. The summed E-state index contributed by atoms with van der Waals surface area (Å²) in [4.78, 5) is 42.0. The number of hydrogen-bond acceptors (Lipinski definition) is 5. The van der Waals surface area contributed by atoms with Gasteiger partial charge in [0.25, 0.3) is 0 Å². The molecule has 2 fully saturated rings. The highest BCUT2D eigenvalue weighted by Gasteiger charge is 2.65. The number of hydrogen-bond donors (Lipinski definition) is 1.